The Morgan fingerprint density at radius 1 is 1.25 bits per heavy atom. The van der Waals surface area contributed by atoms with Gasteiger partial charge >= 0.3 is 0 Å². The molecule has 0 aromatic heterocycles. The van der Waals surface area contributed by atoms with E-state index in [-0.39, 0.29) is 33.0 Å². The summed E-state index contributed by atoms with van der Waals surface area (Å²) in [6, 6.07) is 0. The summed E-state index contributed by atoms with van der Waals surface area (Å²) in [6.07, 6.45) is 0. The Kier molecular flexibility index (Phi) is 351. The van der Waals surface area contributed by atoms with E-state index in [2.05, 4.69) is 0 Å². The van der Waals surface area contributed by atoms with E-state index in [9.17, 15) is 0 Å². The zero-order valence-electron chi connectivity index (χ0n) is 2.32. The third-order valence-electron chi connectivity index (χ3n) is 0. The zero-order valence-corrected chi connectivity index (χ0v) is 6.29. The molecule has 0 heterocycles. The van der Waals surface area contributed by atoms with Crippen LogP contribution < -0.4 is 0 Å². The zero-order chi connectivity index (χ0) is 2.00. The van der Waals surface area contributed by atoms with Crippen molar-refractivity contribution in [3.63, 3.8) is 0 Å². The Balaban J connectivity index is -0.00000000500. The van der Waals surface area contributed by atoms with Gasteiger partial charge < -0.3 is 4.79 Å². The van der Waals surface area contributed by atoms with Gasteiger partial charge in [-0.05, 0) is 0 Å². The Bertz CT molecular complexity index is 8.00. The van der Waals surface area contributed by atoms with Crippen molar-refractivity contribution in [2.24, 2.45) is 0 Å². The molecule has 0 N–H and O–H groups in total. The van der Waals surface area contributed by atoms with Crippen LogP contribution in [-0.4, -0.2) is 6.79 Å². The van der Waals surface area contributed by atoms with E-state index in [1.54, 1.807) is 0 Å². The molecular formula is CH4OSZn. The van der Waals surface area contributed by atoms with Gasteiger partial charge in [0.05, 0.1) is 0 Å². The quantitative estimate of drug-likeness (QED) is 0.419. The van der Waals surface area contributed by atoms with Crippen LogP contribution in [0.1, 0.15) is 0 Å². The van der Waals surface area contributed by atoms with E-state index in [1.807, 2.05) is 6.79 Å². The maximum absolute atomic E-state index is 8.00. The summed E-state index contributed by atoms with van der Waals surface area (Å²) in [6.45, 7) is 2.00. The first-order valence-electron chi connectivity index (χ1n) is 0.289. The molecule has 3 heteroatoms. The largest absolute Gasteiger partial charge is 0.307 e. The van der Waals surface area contributed by atoms with Crippen LogP contribution in [0.5, 0.6) is 0 Å². The molecule has 22 valence electrons. The molecular weight excluding hydrogens is 125 g/mol. The summed E-state index contributed by atoms with van der Waals surface area (Å²) in [5.74, 6) is 0. The van der Waals surface area contributed by atoms with Gasteiger partial charge in [-0.2, -0.15) is 13.5 Å². The van der Waals surface area contributed by atoms with Gasteiger partial charge in [0.2, 0.25) is 0 Å². The first-order valence-corrected chi connectivity index (χ1v) is 0.289. The molecule has 4 heavy (non-hydrogen) atoms. The molecule has 0 rings (SSSR count). The molecule has 0 aliphatic heterocycles. The number of hydrogen-bond acceptors (Lipinski definition) is 1. The molecule has 0 aliphatic carbocycles. The van der Waals surface area contributed by atoms with Crippen LogP contribution in [-0.2, 0) is 24.3 Å². The van der Waals surface area contributed by atoms with Crippen LogP contribution in [0.4, 0.5) is 0 Å². The molecule has 0 aromatic rings. The van der Waals surface area contributed by atoms with E-state index in [4.69, 9.17) is 4.79 Å². The molecule has 0 spiro atoms. The van der Waals surface area contributed by atoms with E-state index >= 15 is 0 Å². The molecule has 1 nitrogen and oxygen atoms in total. The van der Waals surface area contributed by atoms with Crippen molar-refractivity contribution in [3.05, 3.63) is 0 Å². The van der Waals surface area contributed by atoms with Gasteiger partial charge in [-0.15, -0.1) is 0 Å². The molecule has 0 aromatic carbocycles. The Morgan fingerprint density at radius 3 is 1.25 bits per heavy atom. The number of carbonyl (C=O) groups excluding carboxylic acids is 1. The van der Waals surface area contributed by atoms with Gasteiger partial charge in [0, 0.05) is 19.5 Å². The summed E-state index contributed by atoms with van der Waals surface area (Å²) in [7, 11) is 0. The normalized spacial score (nSPS) is 1.00. The fraction of sp³-hybridized carbons (Fsp3) is 0. The second-order valence-electron chi connectivity index (χ2n) is 0. The molecule has 0 saturated heterocycles. The first kappa shape index (κ1) is 22.8. The predicted octanol–water partition coefficient (Wildman–Crippen LogP) is -0.0746. The minimum atomic E-state index is 0. The molecule has 0 aliphatic rings. The predicted molar refractivity (Wildman–Crippen MR) is 17.5 cm³/mol. The van der Waals surface area contributed by atoms with Crippen LogP contribution in [0.15, 0.2) is 0 Å². The van der Waals surface area contributed by atoms with Crippen molar-refractivity contribution >= 4 is 20.3 Å². The molecule has 0 amide bonds. The van der Waals surface area contributed by atoms with Crippen LogP contribution in [0.3, 0.4) is 0 Å². The third kappa shape index (κ3) is 17.2. The number of carbonyl (C=O) groups is 1. The second kappa shape index (κ2) is 61.5. The van der Waals surface area contributed by atoms with Crippen molar-refractivity contribution < 1.29 is 24.3 Å². The average Bonchev–Trinajstić information content (AvgIpc) is 1.00. The van der Waals surface area contributed by atoms with Crippen molar-refractivity contribution in [3.8, 4) is 0 Å². The second-order valence-corrected chi connectivity index (χ2v) is 0. The average molecular weight is 129 g/mol. The van der Waals surface area contributed by atoms with Gasteiger partial charge in [-0.25, -0.2) is 0 Å². The number of rotatable bonds is 0. The SMILES string of the molecule is C=O.S.[Zn]. The summed E-state index contributed by atoms with van der Waals surface area (Å²) in [5, 5.41) is 0. The van der Waals surface area contributed by atoms with E-state index < -0.39 is 0 Å². The smallest absolute Gasteiger partial charge is 0.106 e. The summed E-state index contributed by atoms with van der Waals surface area (Å²) in [5.41, 5.74) is 0. The maximum atomic E-state index is 8.00. The first-order chi connectivity index (χ1) is 1.00. The van der Waals surface area contributed by atoms with Crippen LogP contribution in [0.25, 0.3) is 0 Å². The van der Waals surface area contributed by atoms with Gasteiger partial charge in [-0.1, -0.05) is 0 Å². The molecule has 0 unspecified atom stereocenters. The van der Waals surface area contributed by atoms with E-state index in [0.29, 0.717) is 0 Å². The van der Waals surface area contributed by atoms with E-state index in [1.165, 1.54) is 0 Å². The molecule has 0 atom stereocenters. The monoisotopic (exact) mass is 128 g/mol. The van der Waals surface area contributed by atoms with Gasteiger partial charge in [0.25, 0.3) is 0 Å². The standard InChI is InChI=1S/CH2O.H2S.Zn/c1-2;;/h1H2;1H2;. The maximum Gasteiger partial charge on any atom is 0.106 e. The third-order valence-corrected chi connectivity index (χ3v) is 0. The van der Waals surface area contributed by atoms with Gasteiger partial charge in [0.15, 0.2) is 0 Å². The summed E-state index contributed by atoms with van der Waals surface area (Å²) >= 11 is 0. The summed E-state index contributed by atoms with van der Waals surface area (Å²) < 4.78 is 0. The molecule has 0 saturated carbocycles. The van der Waals surface area contributed by atoms with Crippen molar-refractivity contribution in [1.29, 1.82) is 0 Å². The van der Waals surface area contributed by atoms with Crippen LogP contribution in [0.2, 0.25) is 0 Å². The Labute approximate surface area is 45.0 Å². The topological polar surface area (TPSA) is 17.1 Å². The molecule has 0 bridgehead atoms. The number of hydrogen-bond donors (Lipinski definition) is 0. The fourth-order valence-electron chi connectivity index (χ4n) is 0. The Hall–Kier alpha value is 0.643. The van der Waals surface area contributed by atoms with Gasteiger partial charge in [0.1, 0.15) is 6.79 Å². The minimum Gasteiger partial charge on any atom is -0.307 e. The van der Waals surface area contributed by atoms with E-state index in [0.717, 1.165) is 0 Å². The van der Waals surface area contributed by atoms with Crippen LogP contribution >= 0.6 is 13.5 Å². The van der Waals surface area contributed by atoms with Gasteiger partial charge in [-0.3, -0.25) is 0 Å². The van der Waals surface area contributed by atoms with Crippen LogP contribution in [0, 0.1) is 0 Å². The summed E-state index contributed by atoms with van der Waals surface area (Å²) in [4.78, 5) is 8.00. The molecule has 0 radical (unpaired) electrons. The van der Waals surface area contributed by atoms with Crippen molar-refractivity contribution in [2.75, 3.05) is 0 Å². The molecule has 0 fully saturated rings. The van der Waals surface area contributed by atoms with Crippen molar-refractivity contribution in [2.45, 2.75) is 0 Å². The van der Waals surface area contributed by atoms with Crippen molar-refractivity contribution in [1.82, 2.24) is 0 Å². The fourth-order valence-corrected chi connectivity index (χ4v) is 0. The minimum absolute atomic E-state index is 0. The Morgan fingerprint density at radius 2 is 1.25 bits per heavy atom.